The maximum atomic E-state index is 14.0. The minimum Gasteiger partial charge on any atom is -0.354 e. The van der Waals surface area contributed by atoms with Crippen molar-refractivity contribution >= 4 is 28.1 Å². The van der Waals surface area contributed by atoms with Gasteiger partial charge in [0.15, 0.2) is 0 Å². The van der Waals surface area contributed by atoms with E-state index in [4.69, 9.17) is 0 Å². The number of nitrogens with zero attached hydrogens (tertiary/aromatic N) is 2. The molecule has 2 bridgehead atoms. The summed E-state index contributed by atoms with van der Waals surface area (Å²) in [6.07, 6.45) is 9.28. The standard InChI is InChI=1S/C38H42N4OS/c1-24-18-25(2)20-27(19-24)36-32(15-17-40-23-31-12-14-35(44-31)26-6-5-16-39-22-26)33-21-28(7-13-34(33)41-36)38(3,4)37(43)42-29-8-9-30(42)11-10-29/h5-7,12-14,16,18-22,29-30,40-41H,8-11,15,17,23H2,1-4H3. The molecule has 0 spiro atoms. The molecule has 0 unspecified atom stereocenters. The van der Waals surface area contributed by atoms with Crippen LogP contribution in [0, 0.1) is 13.8 Å². The van der Waals surface area contributed by atoms with Crippen LogP contribution >= 0.6 is 11.3 Å². The average Bonchev–Trinajstić information content (AvgIpc) is 3.82. The number of H-pyrrole nitrogens is 1. The van der Waals surface area contributed by atoms with E-state index in [1.54, 1.807) is 0 Å². The van der Waals surface area contributed by atoms with Crippen molar-refractivity contribution in [2.24, 2.45) is 0 Å². The Bertz CT molecular complexity index is 1780. The van der Waals surface area contributed by atoms with Gasteiger partial charge in [-0.1, -0.05) is 29.3 Å². The lowest BCUT2D eigenvalue weighted by molar-refractivity contribution is -0.137. The normalized spacial score (nSPS) is 18.0. The molecule has 0 aliphatic carbocycles. The molecule has 5 heterocycles. The van der Waals surface area contributed by atoms with Crippen molar-refractivity contribution in [1.82, 2.24) is 20.2 Å². The molecule has 2 aliphatic rings. The van der Waals surface area contributed by atoms with Gasteiger partial charge in [-0.15, -0.1) is 11.3 Å². The van der Waals surface area contributed by atoms with Crippen LogP contribution in [0.2, 0.25) is 0 Å². The molecule has 2 saturated heterocycles. The predicted molar refractivity (Wildman–Crippen MR) is 182 cm³/mol. The second kappa shape index (κ2) is 11.6. The van der Waals surface area contributed by atoms with Crippen molar-refractivity contribution in [2.75, 3.05) is 6.54 Å². The van der Waals surface area contributed by atoms with Crippen molar-refractivity contribution in [3.05, 3.63) is 100 Å². The maximum Gasteiger partial charge on any atom is 0.233 e. The van der Waals surface area contributed by atoms with E-state index < -0.39 is 5.41 Å². The number of hydrogen-bond donors (Lipinski definition) is 2. The molecule has 6 heteroatoms. The minimum absolute atomic E-state index is 0.289. The third kappa shape index (κ3) is 5.39. The van der Waals surface area contributed by atoms with E-state index in [1.165, 1.54) is 43.1 Å². The number of rotatable bonds is 9. The average molecular weight is 603 g/mol. The molecule has 1 amide bonds. The zero-order valence-corrected chi connectivity index (χ0v) is 27.1. The van der Waals surface area contributed by atoms with Crippen LogP contribution < -0.4 is 5.32 Å². The summed E-state index contributed by atoms with van der Waals surface area (Å²) in [5.41, 5.74) is 9.05. The van der Waals surface area contributed by atoms with E-state index in [0.29, 0.717) is 12.1 Å². The smallest absolute Gasteiger partial charge is 0.233 e. The lowest BCUT2D eigenvalue weighted by Crippen LogP contribution is -2.45. The van der Waals surface area contributed by atoms with Crippen LogP contribution in [-0.2, 0) is 23.2 Å². The van der Waals surface area contributed by atoms with Crippen molar-refractivity contribution in [3.8, 4) is 21.7 Å². The van der Waals surface area contributed by atoms with Gasteiger partial charge in [-0.05, 0) is 125 Å². The fourth-order valence-corrected chi connectivity index (χ4v) is 8.48. The number of fused-ring (bicyclic) bond motifs is 3. The van der Waals surface area contributed by atoms with Gasteiger partial charge in [-0.2, -0.15) is 0 Å². The Labute approximate surface area is 264 Å². The zero-order valence-electron chi connectivity index (χ0n) is 26.2. The van der Waals surface area contributed by atoms with Gasteiger partial charge in [0.05, 0.1) is 5.41 Å². The molecule has 3 aromatic heterocycles. The SMILES string of the molecule is Cc1cc(C)cc(-c2[nH]c3ccc(C(C)(C)C(=O)N4C5CCC4CC5)cc3c2CCNCc2ccc(-c3cccnc3)s2)c1. The molecular formula is C38H42N4OS. The fourth-order valence-electron chi connectivity index (χ4n) is 7.51. The Balaban J connectivity index is 1.17. The van der Waals surface area contributed by atoms with Crippen LogP contribution in [0.15, 0.2) is 73.1 Å². The molecule has 44 heavy (non-hydrogen) atoms. The summed E-state index contributed by atoms with van der Waals surface area (Å²) in [5, 5.41) is 4.93. The Morgan fingerprint density at radius 3 is 2.43 bits per heavy atom. The quantitative estimate of drug-likeness (QED) is 0.167. The molecular weight excluding hydrogens is 561 g/mol. The first kappa shape index (κ1) is 29.0. The van der Waals surface area contributed by atoms with Gasteiger partial charge < -0.3 is 15.2 Å². The highest BCUT2D eigenvalue weighted by atomic mass is 32.1. The Morgan fingerprint density at radius 1 is 0.977 bits per heavy atom. The minimum atomic E-state index is -0.572. The molecule has 5 aromatic rings. The molecule has 2 N–H and O–H groups in total. The Kier molecular flexibility index (Phi) is 7.67. The summed E-state index contributed by atoms with van der Waals surface area (Å²) in [5.74, 6) is 0.289. The zero-order chi connectivity index (χ0) is 30.4. The van der Waals surface area contributed by atoms with Gasteiger partial charge in [0.1, 0.15) is 0 Å². The molecule has 0 atom stereocenters. The summed E-state index contributed by atoms with van der Waals surface area (Å²) >= 11 is 1.82. The molecule has 0 radical (unpaired) electrons. The van der Waals surface area contributed by atoms with E-state index >= 15 is 0 Å². The van der Waals surface area contributed by atoms with Gasteiger partial charge in [0.2, 0.25) is 5.91 Å². The number of benzene rings is 2. The third-order valence-corrected chi connectivity index (χ3v) is 11.0. The monoisotopic (exact) mass is 602 g/mol. The largest absolute Gasteiger partial charge is 0.354 e. The van der Waals surface area contributed by atoms with Crippen LogP contribution in [0.5, 0.6) is 0 Å². The number of pyridine rings is 1. The second-order valence-corrected chi connectivity index (χ2v) is 14.5. The molecule has 2 aliphatic heterocycles. The lowest BCUT2D eigenvalue weighted by Gasteiger charge is -2.33. The van der Waals surface area contributed by atoms with E-state index in [-0.39, 0.29) is 5.91 Å². The van der Waals surface area contributed by atoms with Crippen LogP contribution in [0.1, 0.15) is 66.7 Å². The number of aromatic nitrogens is 2. The van der Waals surface area contributed by atoms with Crippen LogP contribution in [0.4, 0.5) is 0 Å². The fraction of sp³-hybridized carbons (Fsp3) is 0.368. The van der Waals surface area contributed by atoms with E-state index in [9.17, 15) is 4.79 Å². The number of thiophene rings is 1. The highest BCUT2D eigenvalue weighted by Gasteiger charge is 2.46. The summed E-state index contributed by atoms with van der Waals surface area (Å²) in [4.78, 5) is 26.8. The molecule has 7 rings (SSSR count). The van der Waals surface area contributed by atoms with Crippen molar-refractivity contribution in [2.45, 2.75) is 83.8 Å². The van der Waals surface area contributed by atoms with Gasteiger partial charge >= 0.3 is 0 Å². The molecule has 2 aromatic carbocycles. The topological polar surface area (TPSA) is 61.0 Å². The summed E-state index contributed by atoms with van der Waals surface area (Å²) in [6.45, 7) is 10.3. The highest BCUT2D eigenvalue weighted by Crippen LogP contribution is 2.42. The van der Waals surface area contributed by atoms with Gasteiger partial charge in [-0.25, -0.2) is 0 Å². The number of aromatic amines is 1. The first-order valence-corrected chi connectivity index (χ1v) is 16.9. The molecule has 5 nitrogen and oxygen atoms in total. The van der Waals surface area contributed by atoms with Crippen molar-refractivity contribution in [3.63, 3.8) is 0 Å². The van der Waals surface area contributed by atoms with E-state index in [2.05, 4.69) is 102 Å². The van der Waals surface area contributed by atoms with Crippen LogP contribution in [0.3, 0.4) is 0 Å². The first-order chi connectivity index (χ1) is 21.3. The summed E-state index contributed by atoms with van der Waals surface area (Å²) in [7, 11) is 0. The van der Waals surface area contributed by atoms with Gasteiger partial charge in [0, 0.05) is 62.9 Å². The molecule has 226 valence electrons. The number of carbonyl (C=O) groups is 1. The first-order valence-electron chi connectivity index (χ1n) is 16.0. The Hall–Kier alpha value is -3.74. The number of aryl methyl sites for hydroxylation is 2. The molecule has 0 saturated carbocycles. The highest BCUT2D eigenvalue weighted by molar-refractivity contribution is 7.15. The van der Waals surface area contributed by atoms with Gasteiger partial charge in [-0.3, -0.25) is 9.78 Å². The number of nitrogens with one attached hydrogen (secondary N) is 2. The number of amides is 1. The van der Waals surface area contributed by atoms with Crippen LogP contribution in [0.25, 0.3) is 32.6 Å². The predicted octanol–water partition coefficient (Wildman–Crippen LogP) is 8.34. The third-order valence-electron chi connectivity index (χ3n) is 9.82. The van der Waals surface area contributed by atoms with E-state index in [0.717, 1.165) is 61.8 Å². The van der Waals surface area contributed by atoms with Crippen molar-refractivity contribution < 1.29 is 4.79 Å². The van der Waals surface area contributed by atoms with Crippen LogP contribution in [-0.4, -0.2) is 39.4 Å². The lowest BCUT2D eigenvalue weighted by atomic mass is 9.82. The number of hydrogen-bond acceptors (Lipinski definition) is 4. The molecule has 2 fully saturated rings. The van der Waals surface area contributed by atoms with E-state index in [1.807, 2.05) is 29.8 Å². The number of carbonyl (C=O) groups excluding carboxylic acids is 1. The summed E-state index contributed by atoms with van der Waals surface area (Å²) < 4.78 is 0. The summed E-state index contributed by atoms with van der Waals surface area (Å²) in [6, 6.07) is 22.8. The van der Waals surface area contributed by atoms with Crippen molar-refractivity contribution in [1.29, 1.82) is 0 Å². The Morgan fingerprint density at radius 2 is 1.73 bits per heavy atom. The second-order valence-electron chi connectivity index (χ2n) is 13.3. The maximum absolute atomic E-state index is 14.0. The van der Waals surface area contributed by atoms with Gasteiger partial charge in [0.25, 0.3) is 0 Å².